The molecule has 124 valence electrons. The fourth-order valence-electron chi connectivity index (χ4n) is 2.98. The molecule has 0 spiro atoms. The van der Waals surface area contributed by atoms with Crippen LogP contribution in [0.15, 0.2) is 6.08 Å². The summed E-state index contributed by atoms with van der Waals surface area (Å²) in [6.45, 7) is 5.70. The SMILES string of the molecule is C/C=C/c1c(F)c(C#N)c(F)c(F)c1C1C(C)OCCOC1C. The van der Waals surface area contributed by atoms with Crippen molar-refractivity contribution in [1.82, 2.24) is 0 Å². The highest BCUT2D eigenvalue weighted by Gasteiger charge is 2.36. The van der Waals surface area contributed by atoms with Gasteiger partial charge in [0, 0.05) is 17.0 Å². The minimum atomic E-state index is -1.48. The van der Waals surface area contributed by atoms with Crippen LogP contribution in [0.3, 0.4) is 0 Å². The predicted octanol–water partition coefficient (Wildman–Crippen LogP) is 3.92. The van der Waals surface area contributed by atoms with Crippen molar-refractivity contribution in [2.24, 2.45) is 0 Å². The Morgan fingerprint density at radius 3 is 2.09 bits per heavy atom. The summed E-state index contributed by atoms with van der Waals surface area (Å²) in [4.78, 5) is 0. The van der Waals surface area contributed by atoms with E-state index < -0.39 is 41.1 Å². The summed E-state index contributed by atoms with van der Waals surface area (Å²) in [6.07, 6.45) is 1.86. The van der Waals surface area contributed by atoms with Crippen molar-refractivity contribution in [1.29, 1.82) is 5.26 Å². The van der Waals surface area contributed by atoms with Crippen LogP contribution in [-0.2, 0) is 9.47 Å². The lowest BCUT2D eigenvalue weighted by atomic mass is 9.84. The van der Waals surface area contributed by atoms with Crippen LogP contribution in [0.5, 0.6) is 0 Å². The van der Waals surface area contributed by atoms with E-state index in [0.717, 1.165) is 0 Å². The maximum atomic E-state index is 14.6. The molecule has 2 unspecified atom stereocenters. The molecule has 0 radical (unpaired) electrons. The number of hydrogen-bond donors (Lipinski definition) is 0. The third-order valence-electron chi connectivity index (χ3n) is 4.03. The highest BCUT2D eigenvalue weighted by atomic mass is 19.2. The number of benzene rings is 1. The van der Waals surface area contributed by atoms with E-state index in [-0.39, 0.29) is 11.1 Å². The summed E-state index contributed by atoms with van der Waals surface area (Å²) in [6, 6.07) is 1.38. The molecule has 2 atom stereocenters. The largest absolute Gasteiger partial charge is 0.375 e. The molecule has 6 heteroatoms. The number of rotatable bonds is 2. The smallest absolute Gasteiger partial charge is 0.179 e. The molecule has 0 saturated carbocycles. The Labute approximate surface area is 133 Å². The van der Waals surface area contributed by atoms with Gasteiger partial charge in [0.2, 0.25) is 0 Å². The number of nitriles is 1. The lowest BCUT2D eigenvalue weighted by molar-refractivity contribution is 0.0557. The predicted molar refractivity (Wildman–Crippen MR) is 79.3 cm³/mol. The average Bonchev–Trinajstić information content (AvgIpc) is 2.68. The minimum absolute atomic E-state index is 0.138. The van der Waals surface area contributed by atoms with Gasteiger partial charge in [0.1, 0.15) is 11.6 Å². The zero-order valence-corrected chi connectivity index (χ0v) is 13.2. The lowest BCUT2D eigenvalue weighted by Gasteiger charge is -2.28. The molecule has 0 N–H and O–H groups in total. The number of halogens is 3. The fourth-order valence-corrected chi connectivity index (χ4v) is 2.98. The summed E-state index contributed by atoms with van der Waals surface area (Å²) < 4.78 is 54.3. The first-order chi connectivity index (χ1) is 10.9. The average molecular weight is 325 g/mol. The van der Waals surface area contributed by atoms with Crippen LogP contribution in [0.25, 0.3) is 6.08 Å². The van der Waals surface area contributed by atoms with Gasteiger partial charge in [-0.1, -0.05) is 12.2 Å². The number of allylic oxidation sites excluding steroid dienone is 1. The number of hydrogen-bond acceptors (Lipinski definition) is 3. The molecule has 2 rings (SSSR count). The third-order valence-corrected chi connectivity index (χ3v) is 4.03. The maximum absolute atomic E-state index is 14.6. The van der Waals surface area contributed by atoms with Gasteiger partial charge >= 0.3 is 0 Å². The summed E-state index contributed by atoms with van der Waals surface area (Å²) in [5.41, 5.74) is -1.21. The summed E-state index contributed by atoms with van der Waals surface area (Å²) in [5, 5.41) is 8.90. The zero-order chi connectivity index (χ0) is 17.1. The fraction of sp³-hybridized carbons (Fsp3) is 0.471. The zero-order valence-electron chi connectivity index (χ0n) is 13.2. The molecular formula is C17H18F3NO2. The topological polar surface area (TPSA) is 42.2 Å². The molecule has 3 nitrogen and oxygen atoms in total. The Hall–Kier alpha value is -1.84. The van der Waals surface area contributed by atoms with Gasteiger partial charge in [-0.25, -0.2) is 13.2 Å². The van der Waals surface area contributed by atoms with E-state index in [1.165, 1.54) is 18.2 Å². The van der Waals surface area contributed by atoms with E-state index in [2.05, 4.69) is 0 Å². The number of nitrogens with zero attached hydrogens (tertiary/aromatic N) is 1. The first kappa shape index (κ1) is 17.5. The van der Waals surface area contributed by atoms with Crippen LogP contribution in [0.2, 0.25) is 0 Å². The van der Waals surface area contributed by atoms with Crippen LogP contribution < -0.4 is 0 Å². The maximum Gasteiger partial charge on any atom is 0.179 e. The Morgan fingerprint density at radius 1 is 1.04 bits per heavy atom. The molecule has 1 aliphatic heterocycles. The molecule has 23 heavy (non-hydrogen) atoms. The highest BCUT2D eigenvalue weighted by molar-refractivity contribution is 5.60. The normalized spacial score (nSPS) is 25.3. The van der Waals surface area contributed by atoms with Gasteiger partial charge in [-0.15, -0.1) is 0 Å². The van der Waals surface area contributed by atoms with Gasteiger partial charge < -0.3 is 9.47 Å². The van der Waals surface area contributed by atoms with Gasteiger partial charge in [-0.2, -0.15) is 5.26 Å². The molecule has 1 aliphatic rings. The van der Waals surface area contributed by atoms with Crippen molar-refractivity contribution in [2.45, 2.75) is 38.9 Å². The van der Waals surface area contributed by atoms with Crippen LogP contribution >= 0.6 is 0 Å². The van der Waals surface area contributed by atoms with E-state index in [9.17, 15) is 13.2 Å². The quantitative estimate of drug-likeness (QED) is 0.774. The molecule has 0 aromatic heterocycles. The van der Waals surface area contributed by atoms with Crippen LogP contribution in [0, 0.1) is 28.8 Å². The van der Waals surface area contributed by atoms with Gasteiger partial charge in [0.25, 0.3) is 0 Å². The van der Waals surface area contributed by atoms with E-state index in [1.54, 1.807) is 20.8 Å². The number of ether oxygens (including phenoxy) is 2. The molecule has 1 fully saturated rings. The molecule has 1 saturated heterocycles. The first-order valence-electron chi connectivity index (χ1n) is 7.40. The van der Waals surface area contributed by atoms with E-state index >= 15 is 0 Å². The second-order valence-electron chi connectivity index (χ2n) is 5.43. The van der Waals surface area contributed by atoms with Gasteiger partial charge in [0.15, 0.2) is 17.5 Å². The lowest BCUT2D eigenvalue weighted by Crippen LogP contribution is -2.29. The molecule has 0 amide bonds. The third kappa shape index (κ3) is 3.12. The molecule has 1 aromatic carbocycles. The Kier molecular flexibility index (Phi) is 5.45. The summed E-state index contributed by atoms with van der Waals surface area (Å²) in [5.74, 6) is -4.46. The van der Waals surface area contributed by atoms with Gasteiger partial charge in [-0.05, 0) is 20.8 Å². The Balaban J connectivity index is 2.76. The van der Waals surface area contributed by atoms with E-state index in [0.29, 0.717) is 13.2 Å². The second-order valence-corrected chi connectivity index (χ2v) is 5.43. The van der Waals surface area contributed by atoms with Crippen molar-refractivity contribution in [3.63, 3.8) is 0 Å². The van der Waals surface area contributed by atoms with Crippen LogP contribution in [0.1, 0.15) is 43.4 Å². The highest BCUT2D eigenvalue weighted by Crippen LogP contribution is 2.37. The van der Waals surface area contributed by atoms with Crippen molar-refractivity contribution in [3.8, 4) is 6.07 Å². The van der Waals surface area contributed by atoms with E-state index in [1.807, 2.05) is 0 Å². The van der Waals surface area contributed by atoms with E-state index in [4.69, 9.17) is 14.7 Å². The van der Waals surface area contributed by atoms with Crippen molar-refractivity contribution in [2.75, 3.05) is 13.2 Å². The second kappa shape index (κ2) is 7.16. The van der Waals surface area contributed by atoms with Crippen LogP contribution in [-0.4, -0.2) is 25.4 Å². The van der Waals surface area contributed by atoms with Crippen molar-refractivity contribution >= 4 is 6.08 Å². The van der Waals surface area contributed by atoms with Crippen molar-refractivity contribution < 1.29 is 22.6 Å². The summed E-state index contributed by atoms with van der Waals surface area (Å²) >= 11 is 0. The molecule has 0 bridgehead atoms. The molecule has 1 aromatic rings. The van der Waals surface area contributed by atoms with Gasteiger partial charge in [-0.3, -0.25) is 0 Å². The molecular weight excluding hydrogens is 307 g/mol. The monoisotopic (exact) mass is 325 g/mol. The molecule has 1 heterocycles. The van der Waals surface area contributed by atoms with Crippen LogP contribution in [0.4, 0.5) is 13.2 Å². The Morgan fingerprint density at radius 2 is 1.61 bits per heavy atom. The molecule has 0 aliphatic carbocycles. The standard InChI is InChI=1S/C17H18F3NO2/c1-4-5-11-14(13-9(2)22-6-7-23-10(13)3)17(20)16(19)12(8-21)15(11)18/h4-5,9-10,13H,6-7H2,1-3H3/b5-4+. The van der Waals surface area contributed by atoms with Gasteiger partial charge in [0.05, 0.1) is 25.4 Å². The summed E-state index contributed by atoms with van der Waals surface area (Å²) in [7, 11) is 0. The Bertz CT molecular complexity index is 655. The first-order valence-corrected chi connectivity index (χ1v) is 7.40. The van der Waals surface area contributed by atoms with Crippen molar-refractivity contribution in [3.05, 3.63) is 40.2 Å². The minimum Gasteiger partial charge on any atom is -0.375 e.